The molecule has 0 bridgehead atoms. The number of nitrogens with zero attached hydrogens (tertiary/aromatic N) is 2. The molecule has 0 radical (unpaired) electrons. The average Bonchev–Trinajstić information content (AvgIpc) is 2.89. The normalized spacial score (nSPS) is 22.4. The standard InChI is InChI=1S/C17H13Cl2N3O3S/c1-7-15(23)22-14(21)10(6-20)12(9-4-3-8(18)5-11(9)19)13(16(22)26-7)17(24)25-2/h3-5,7,12H,21H2,1-2H3. The summed E-state index contributed by atoms with van der Waals surface area (Å²) in [4.78, 5) is 26.3. The zero-order valence-electron chi connectivity index (χ0n) is 13.7. The van der Waals surface area contributed by atoms with Crippen LogP contribution in [0, 0.1) is 11.3 Å². The topological polar surface area (TPSA) is 96.4 Å². The summed E-state index contributed by atoms with van der Waals surface area (Å²) in [6.07, 6.45) is 0. The van der Waals surface area contributed by atoms with Gasteiger partial charge in [-0.1, -0.05) is 41.0 Å². The fourth-order valence-corrected chi connectivity index (χ4v) is 4.66. The smallest absolute Gasteiger partial charge is 0.337 e. The predicted molar refractivity (Wildman–Crippen MR) is 99.0 cm³/mol. The number of carbonyl (C=O) groups is 2. The van der Waals surface area contributed by atoms with Crippen LogP contribution in [0.4, 0.5) is 0 Å². The minimum atomic E-state index is -0.853. The Morgan fingerprint density at radius 1 is 1.42 bits per heavy atom. The van der Waals surface area contributed by atoms with E-state index in [1.54, 1.807) is 19.1 Å². The molecule has 0 aromatic heterocycles. The molecule has 6 nitrogen and oxygen atoms in total. The molecule has 0 spiro atoms. The maximum Gasteiger partial charge on any atom is 0.337 e. The van der Waals surface area contributed by atoms with Crippen molar-refractivity contribution in [1.82, 2.24) is 4.90 Å². The third-order valence-corrected chi connectivity index (χ3v) is 5.93. The molecule has 2 unspecified atom stereocenters. The number of nitriles is 1. The van der Waals surface area contributed by atoms with Gasteiger partial charge in [0, 0.05) is 10.0 Å². The Hall–Kier alpha value is -2.14. The highest BCUT2D eigenvalue weighted by atomic mass is 35.5. The summed E-state index contributed by atoms with van der Waals surface area (Å²) in [5, 5.41) is 10.3. The number of halogens is 2. The molecule has 2 atom stereocenters. The lowest BCUT2D eigenvalue weighted by atomic mass is 9.83. The predicted octanol–water partition coefficient (Wildman–Crippen LogP) is 3.13. The molecule has 2 N–H and O–H groups in total. The fraction of sp³-hybridized carbons (Fsp3) is 0.235. The molecule has 0 saturated carbocycles. The summed E-state index contributed by atoms with van der Waals surface area (Å²) in [5.74, 6) is -1.81. The maximum absolute atomic E-state index is 12.6. The number of esters is 1. The summed E-state index contributed by atoms with van der Waals surface area (Å²) in [5.41, 5.74) is 6.83. The Bertz CT molecular complexity index is 936. The average molecular weight is 410 g/mol. The number of methoxy groups -OCH3 is 1. The summed E-state index contributed by atoms with van der Waals surface area (Å²) in [7, 11) is 1.24. The van der Waals surface area contributed by atoms with Gasteiger partial charge in [-0.05, 0) is 24.6 Å². The van der Waals surface area contributed by atoms with Crippen molar-refractivity contribution in [2.45, 2.75) is 18.1 Å². The first-order chi connectivity index (χ1) is 12.3. The van der Waals surface area contributed by atoms with Gasteiger partial charge in [0.1, 0.15) is 5.82 Å². The number of hydrogen-bond acceptors (Lipinski definition) is 6. The molecule has 26 heavy (non-hydrogen) atoms. The molecular formula is C17H13Cl2N3O3S. The Kier molecular flexibility index (Phi) is 4.93. The quantitative estimate of drug-likeness (QED) is 0.753. The lowest BCUT2D eigenvalue weighted by Gasteiger charge is -2.31. The van der Waals surface area contributed by atoms with Gasteiger partial charge in [-0.2, -0.15) is 5.26 Å². The number of thioether (sulfide) groups is 1. The Labute approximate surface area is 164 Å². The fourth-order valence-electron chi connectivity index (χ4n) is 2.98. The third kappa shape index (κ3) is 2.75. The van der Waals surface area contributed by atoms with Crippen molar-refractivity contribution in [3.63, 3.8) is 0 Å². The van der Waals surface area contributed by atoms with Crippen LogP contribution in [0.1, 0.15) is 18.4 Å². The molecule has 1 saturated heterocycles. The number of ether oxygens (including phenoxy) is 1. The number of allylic oxidation sites excluding steroid dienone is 1. The van der Waals surface area contributed by atoms with Crippen LogP contribution in [0.5, 0.6) is 0 Å². The van der Waals surface area contributed by atoms with Gasteiger partial charge in [0.05, 0.1) is 40.5 Å². The second kappa shape index (κ2) is 6.88. The van der Waals surface area contributed by atoms with E-state index in [-0.39, 0.29) is 27.9 Å². The van der Waals surface area contributed by atoms with E-state index >= 15 is 0 Å². The van der Waals surface area contributed by atoms with Crippen molar-refractivity contribution in [3.8, 4) is 6.07 Å². The Balaban J connectivity index is 2.33. The molecule has 134 valence electrons. The SMILES string of the molecule is COC(=O)C1=C2SC(C)C(=O)N2C(N)=C(C#N)C1c1ccc(Cl)cc1Cl. The molecule has 2 heterocycles. The number of rotatable bonds is 2. The number of hydrogen-bond donors (Lipinski definition) is 1. The van der Waals surface area contributed by atoms with Crippen molar-refractivity contribution in [2.75, 3.05) is 7.11 Å². The van der Waals surface area contributed by atoms with Gasteiger partial charge in [-0.3, -0.25) is 9.69 Å². The molecular weight excluding hydrogens is 397 g/mol. The van der Waals surface area contributed by atoms with Gasteiger partial charge >= 0.3 is 5.97 Å². The largest absolute Gasteiger partial charge is 0.466 e. The molecule has 3 rings (SSSR count). The molecule has 9 heteroatoms. The highest BCUT2D eigenvalue weighted by Gasteiger charge is 2.47. The minimum absolute atomic E-state index is 0.00646. The van der Waals surface area contributed by atoms with Gasteiger partial charge in [-0.25, -0.2) is 4.79 Å². The van der Waals surface area contributed by atoms with E-state index in [4.69, 9.17) is 33.7 Å². The highest BCUT2D eigenvalue weighted by Crippen LogP contribution is 2.50. The van der Waals surface area contributed by atoms with E-state index in [0.717, 1.165) is 0 Å². The van der Waals surface area contributed by atoms with Crippen molar-refractivity contribution < 1.29 is 14.3 Å². The maximum atomic E-state index is 12.6. The molecule has 1 aromatic carbocycles. The van der Waals surface area contributed by atoms with Crippen LogP contribution < -0.4 is 5.73 Å². The van der Waals surface area contributed by atoms with Crippen LogP contribution >= 0.6 is 35.0 Å². The Morgan fingerprint density at radius 2 is 2.12 bits per heavy atom. The van der Waals surface area contributed by atoms with E-state index in [1.165, 1.54) is 29.8 Å². The Morgan fingerprint density at radius 3 is 2.69 bits per heavy atom. The van der Waals surface area contributed by atoms with E-state index in [0.29, 0.717) is 15.6 Å². The monoisotopic (exact) mass is 409 g/mol. The lowest BCUT2D eigenvalue weighted by molar-refractivity contribution is -0.136. The van der Waals surface area contributed by atoms with Crippen LogP contribution in [0.25, 0.3) is 0 Å². The van der Waals surface area contributed by atoms with Crippen molar-refractivity contribution in [1.29, 1.82) is 5.26 Å². The van der Waals surface area contributed by atoms with Crippen molar-refractivity contribution >= 4 is 46.8 Å². The van der Waals surface area contributed by atoms with Crippen LogP contribution in [0.2, 0.25) is 10.0 Å². The molecule has 2 aliphatic heterocycles. The first kappa shape index (κ1) is 18.6. The summed E-state index contributed by atoms with van der Waals surface area (Å²) < 4.78 is 4.92. The number of fused-ring (bicyclic) bond motifs is 1. The van der Waals surface area contributed by atoms with Gasteiger partial charge in [0.25, 0.3) is 0 Å². The summed E-state index contributed by atoms with van der Waals surface area (Å²) >= 11 is 13.5. The number of benzene rings is 1. The third-order valence-electron chi connectivity index (χ3n) is 4.18. The number of nitrogens with two attached hydrogens (primary N) is 1. The van der Waals surface area contributed by atoms with Crippen molar-refractivity contribution in [2.24, 2.45) is 5.73 Å². The van der Waals surface area contributed by atoms with Gasteiger partial charge in [0.15, 0.2) is 0 Å². The van der Waals surface area contributed by atoms with Crippen LogP contribution in [-0.2, 0) is 14.3 Å². The number of carbonyl (C=O) groups excluding carboxylic acids is 2. The molecule has 1 aromatic rings. The molecule has 1 fully saturated rings. The van der Waals surface area contributed by atoms with Crippen LogP contribution in [0.3, 0.4) is 0 Å². The molecule has 0 aliphatic carbocycles. The van der Waals surface area contributed by atoms with E-state index in [1.807, 2.05) is 6.07 Å². The van der Waals surface area contributed by atoms with Gasteiger partial charge < -0.3 is 10.5 Å². The van der Waals surface area contributed by atoms with E-state index in [2.05, 4.69) is 0 Å². The van der Waals surface area contributed by atoms with Gasteiger partial charge in [0.2, 0.25) is 5.91 Å². The summed E-state index contributed by atoms with van der Waals surface area (Å²) in [6.45, 7) is 1.71. The summed E-state index contributed by atoms with van der Waals surface area (Å²) in [6, 6.07) is 6.77. The van der Waals surface area contributed by atoms with E-state index < -0.39 is 17.1 Å². The first-order valence-electron chi connectivity index (χ1n) is 7.49. The second-order valence-corrected chi connectivity index (χ2v) is 7.83. The lowest BCUT2D eigenvalue weighted by Crippen LogP contribution is -2.38. The van der Waals surface area contributed by atoms with E-state index in [9.17, 15) is 14.9 Å². The van der Waals surface area contributed by atoms with Crippen LogP contribution in [0.15, 0.2) is 40.2 Å². The van der Waals surface area contributed by atoms with Gasteiger partial charge in [-0.15, -0.1) is 0 Å². The zero-order chi connectivity index (χ0) is 19.2. The van der Waals surface area contributed by atoms with Crippen LogP contribution in [-0.4, -0.2) is 29.1 Å². The molecule has 1 amide bonds. The van der Waals surface area contributed by atoms with Crippen molar-refractivity contribution in [3.05, 3.63) is 55.8 Å². The number of amides is 1. The highest BCUT2D eigenvalue weighted by molar-refractivity contribution is 8.04. The molecule has 2 aliphatic rings. The first-order valence-corrected chi connectivity index (χ1v) is 9.13. The minimum Gasteiger partial charge on any atom is -0.466 e. The zero-order valence-corrected chi connectivity index (χ0v) is 16.1. The second-order valence-electron chi connectivity index (χ2n) is 5.65.